The predicted molar refractivity (Wildman–Crippen MR) is 156 cm³/mol. The van der Waals surface area contributed by atoms with Crippen molar-refractivity contribution < 1.29 is 25.8 Å². The Balaban J connectivity index is 0.00000276. The normalized spacial score (nSPS) is 12.5. The van der Waals surface area contributed by atoms with Crippen molar-refractivity contribution in [1.29, 1.82) is 0 Å². The number of benzene rings is 1. The van der Waals surface area contributed by atoms with Crippen molar-refractivity contribution in [2.24, 2.45) is 14.1 Å². The fraction of sp³-hybridized carbons (Fsp3) is 0.0938. The molecule has 8 rings (SSSR count). The number of aromatic nitrogens is 5. The van der Waals surface area contributed by atoms with E-state index in [1.54, 1.807) is 12.5 Å². The second-order valence-electron chi connectivity index (χ2n) is 10.1. The number of hydrogen-bond donors (Lipinski definition) is 0. The molecule has 6 aromatic heterocycles. The minimum Gasteiger partial charge on any atom is -0.462 e. The summed E-state index contributed by atoms with van der Waals surface area (Å²) >= 11 is 0. The van der Waals surface area contributed by atoms with E-state index in [0.29, 0.717) is 5.58 Å². The number of pyridine rings is 3. The first-order chi connectivity index (χ1) is 19.6. The number of fused-ring (bicyclic) bond motifs is 4. The van der Waals surface area contributed by atoms with E-state index in [9.17, 15) is 0 Å². The van der Waals surface area contributed by atoms with Crippen molar-refractivity contribution >= 4 is 50.8 Å². The van der Waals surface area contributed by atoms with E-state index < -0.39 is 0 Å². The maximum Gasteiger partial charge on any atom is 0.178 e. The van der Waals surface area contributed by atoms with E-state index in [1.807, 2.05) is 24.3 Å². The summed E-state index contributed by atoms with van der Waals surface area (Å²) in [4.78, 5) is 19.3. The fourth-order valence-corrected chi connectivity index (χ4v) is 5.86. The van der Waals surface area contributed by atoms with Gasteiger partial charge in [0.25, 0.3) is 0 Å². The van der Waals surface area contributed by atoms with Crippen LogP contribution in [0, 0.1) is 0 Å². The van der Waals surface area contributed by atoms with Crippen LogP contribution in [0.15, 0.2) is 102 Å². The van der Waals surface area contributed by atoms with Gasteiger partial charge < -0.3 is 18.5 Å². The maximum atomic E-state index is 6.00. The Morgan fingerprint density at radius 2 is 1.66 bits per heavy atom. The minimum absolute atomic E-state index is 0. The van der Waals surface area contributed by atoms with Crippen molar-refractivity contribution in [3.8, 4) is 22.5 Å². The van der Waals surface area contributed by atoms with E-state index in [-0.39, 0.29) is 16.8 Å². The Morgan fingerprint density at radius 3 is 2.49 bits per heavy atom. The predicted octanol–water partition coefficient (Wildman–Crippen LogP) is 6.54. The van der Waals surface area contributed by atoms with E-state index >= 15 is 0 Å². The quantitative estimate of drug-likeness (QED) is 0.174. The van der Waals surface area contributed by atoms with Crippen LogP contribution < -0.4 is 14.4 Å². The van der Waals surface area contributed by atoms with Gasteiger partial charge in [0.1, 0.15) is 17.6 Å². The Hall–Kier alpha value is -4.86. The second-order valence-corrected chi connectivity index (χ2v) is 10.1. The standard InChI is InChI=1S/C32H25N7O.Co/c1-36-16-14-20-21(18-37(2)32(20)36)24-10-8-13-29(34-24)39-26-12-5-4-11-25(26)38(3)27-17-28-30(35-31(27)39)22(19-40-28)23-9-6-7-15-33-23;/h4-19H,1-3H3;. The summed E-state index contributed by atoms with van der Waals surface area (Å²) in [5, 5.41) is 1.17. The van der Waals surface area contributed by atoms with Gasteiger partial charge in [-0.05, 0) is 36.4 Å². The molecule has 0 unspecified atom stereocenters. The number of nitrogens with zero attached hydrogens (tertiary/aromatic N) is 7. The summed E-state index contributed by atoms with van der Waals surface area (Å²) in [7, 11) is 6.20. The molecule has 41 heavy (non-hydrogen) atoms. The second kappa shape index (κ2) is 9.36. The molecule has 1 radical (unpaired) electrons. The molecule has 8 nitrogen and oxygen atoms in total. The minimum atomic E-state index is 0. The van der Waals surface area contributed by atoms with Gasteiger partial charge in [-0.1, -0.05) is 35.2 Å². The molecule has 0 saturated carbocycles. The zero-order valence-electron chi connectivity index (χ0n) is 22.6. The number of rotatable bonds is 3. The van der Waals surface area contributed by atoms with Gasteiger partial charge in [0.2, 0.25) is 0 Å². The Morgan fingerprint density at radius 1 is 0.854 bits per heavy atom. The molecular weight excluding hydrogens is 557 g/mol. The third kappa shape index (κ3) is 3.70. The first-order valence-electron chi connectivity index (χ1n) is 13.1. The molecule has 7 heterocycles. The molecule has 0 atom stereocenters. The summed E-state index contributed by atoms with van der Waals surface area (Å²) in [6.07, 6.45) is 7.76. The van der Waals surface area contributed by atoms with E-state index in [0.717, 1.165) is 62.4 Å². The molecule has 7 aromatic rings. The number of anilines is 5. The molecule has 0 amide bonds. The number of para-hydroxylation sites is 2. The van der Waals surface area contributed by atoms with Gasteiger partial charge in [0, 0.05) is 54.2 Å². The topological polar surface area (TPSA) is 67.1 Å². The van der Waals surface area contributed by atoms with Gasteiger partial charge >= 0.3 is 0 Å². The molecular formula is C32H25CoN7O. The third-order valence-corrected chi connectivity index (χ3v) is 7.73. The Kier molecular flexibility index (Phi) is 5.74. The summed E-state index contributed by atoms with van der Waals surface area (Å²) in [5.74, 6) is 1.58. The molecule has 203 valence electrons. The summed E-state index contributed by atoms with van der Waals surface area (Å²) in [6.45, 7) is 0. The van der Waals surface area contributed by atoms with Crippen LogP contribution in [0.1, 0.15) is 0 Å². The largest absolute Gasteiger partial charge is 0.462 e. The zero-order valence-corrected chi connectivity index (χ0v) is 23.7. The molecule has 0 bridgehead atoms. The molecule has 1 aliphatic rings. The number of furan rings is 1. The van der Waals surface area contributed by atoms with Crippen molar-refractivity contribution in [3.63, 3.8) is 0 Å². The smallest absolute Gasteiger partial charge is 0.178 e. The molecule has 9 heteroatoms. The van der Waals surface area contributed by atoms with Gasteiger partial charge in [-0.3, -0.25) is 9.88 Å². The molecule has 0 aliphatic carbocycles. The first-order valence-corrected chi connectivity index (χ1v) is 13.1. The number of hydrogen-bond acceptors (Lipinski definition) is 6. The van der Waals surface area contributed by atoms with Crippen molar-refractivity contribution in [2.75, 3.05) is 16.8 Å². The van der Waals surface area contributed by atoms with Gasteiger partial charge in [0.15, 0.2) is 17.0 Å². The molecule has 0 N–H and O–H groups in total. The van der Waals surface area contributed by atoms with Crippen LogP contribution in [0.4, 0.5) is 28.7 Å². The maximum absolute atomic E-state index is 6.00. The van der Waals surface area contributed by atoms with Crippen LogP contribution >= 0.6 is 0 Å². The molecule has 0 fully saturated rings. The average molecular weight is 583 g/mol. The van der Waals surface area contributed by atoms with Crippen molar-refractivity contribution in [2.45, 2.75) is 0 Å². The molecule has 1 aromatic carbocycles. The SMILES string of the molecule is CN1c2ccccc2N(c2cccc(-c3cn(C)c4c3[cH-]c[n+]4C)n2)c2nc3c(-c4ccccn4)coc3cc21.[Co]. The first kappa shape index (κ1) is 25.1. The van der Waals surface area contributed by atoms with Crippen LogP contribution in [0.2, 0.25) is 0 Å². The van der Waals surface area contributed by atoms with Crippen LogP contribution in [0.3, 0.4) is 0 Å². The average Bonchev–Trinajstić information content (AvgIpc) is 3.68. The molecule has 0 saturated heterocycles. The van der Waals surface area contributed by atoms with E-state index in [2.05, 4.69) is 106 Å². The molecule has 0 spiro atoms. The Labute approximate surface area is 246 Å². The van der Waals surface area contributed by atoms with Crippen molar-refractivity contribution in [1.82, 2.24) is 19.5 Å². The summed E-state index contributed by atoms with van der Waals surface area (Å²) in [6, 6.07) is 24.6. The Bertz CT molecular complexity index is 2080. The van der Waals surface area contributed by atoms with Gasteiger partial charge in [-0.2, -0.15) is 0 Å². The van der Waals surface area contributed by atoms with E-state index in [1.165, 1.54) is 5.39 Å². The summed E-state index contributed by atoms with van der Waals surface area (Å²) < 4.78 is 10.3. The number of aryl methyl sites for hydroxylation is 2. The fourth-order valence-electron chi connectivity index (χ4n) is 5.86. The van der Waals surface area contributed by atoms with Crippen LogP contribution in [0.25, 0.3) is 44.6 Å². The summed E-state index contributed by atoms with van der Waals surface area (Å²) in [5.41, 5.74) is 9.32. The van der Waals surface area contributed by atoms with Crippen molar-refractivity contribution in [3.05, 3.63) is 97.7 Å². The van der Waals surface area contributed by atoms with Crippen LogP contribution in [-0.4, -0.2) is 26.6 Å². The van der Waals surface area contributed by atoms with Gasteiger partial charge in [-0.25, -0.2) is 9.97 Å². The van der Waals surface area contributed by atoms with E-state index in [4.69, 9.17) is 14.4 Å². The zero-order chi connectivity index (χ0) is 27.0. The molecule has 1 aliphatic heterocycles. The monoisotopic (exact) mass is 582 g/mol. The van der Waals surface area contributed by atoms with Gasteiger partial charge in [0.05, 0.1) is 42.4 Å². The van der Waals surface area contributed by atoms with Crippen LogP contribution in [-0.2, 0) is 30.9 Å². The third-order valence-electron chi connectivity index (χ3n) is 7.73. The van der Waals surface area contributed by atoms with Gasteiger partial charge in [-0.15, -0.1) is 6.07 Å². The van der Waals surface area contributed by atoms with Crippen LogP contribution in [0.5, 0.6) is 0 Å².